The highest BCUT2D eigenvalue weighted by Gasteiger charge is 2.12. The van der Waals surface area contributed by atoms with Gasteiger partial charge in [-0.3, -0.25) is 4.79 Å². The minimum Gasteiger partial charge on any atom is -0.487 e. The van der Waals surface area contributed by atoms with Gasteiger partial charge in [-0.2, -0.15) is 0 Å². The first-order valence-electron chi connectivity index (χ1n) is 9.17. The summed E-state index contributed by atoms with van der Waals surface area (Å²) in [5.74, 6) is 0.867. The molecule has 0 bridgehead atoms. The summed E-state index contributed by atoms with van der Waals surface area (Å²) < 4.78 is 10.5. The van der Waals surface area contributed by atoms with Crippen LogP contribution in [0.2, 0.25) is 0 Å². The largest absolute Gasteiger partial charge is 0.487 e. The first kappa shape index (κ1) is 20.0. The Morgan fingerprint density at radius 3 is 2.47 bits per heavy atom. The Kier molecular flexibility index (Phi) is 5.50. The topological polar surface area (TPSA) is 43.6 Å². The van der Waals surface area contributed by atoms with Crippen LogP contribution in [0.15, 0.2) is 71.5 Å². The number of nitrogens with zero attached hydrogens (tertiary/aromatic N) is 2. The predicted molar refractivity (Wildman–Crippen MR) is 138 cm³/mol. The molecule has 0 aliphatic carbocycles. The van der Waals surface area contributed by atoms with Crippen LogP contribution in [0.25, 0.3) is 22.1 Å². The van der Waals surface area contributed by atoms with Crippen molar-refractivity contribution in [3.8, 4) is 5.75 Å². The van der Waals surface area contributed by atoms with Gasteiger partial charge in [-0.15, -0.1) is 0 Å². The molecule has 0 aliphatic heterocycles. The fraction of sp³-hybridized carbons (Fsp3) is 0.0435. The summed E-state index contributed by atoms with van der Waals surface area (Å²) in [4.78, 5) is 18.3. The molecule has 3 aromatic carbocycles. The lowest BCUT2D eigenvalue weighted by atomic mass is 10.2. The van der Waals surface area contributed by atoms with Crippen LogP contribution in [0, 0.1) is 7.14 Å². The molecule has 0 amide bonds. The van der Waals surface area contributed by atoms with Gasteiger partial charge < -0.3 is 4.74 Å². The quantitative estimate of drug-likeness (QED) is 0.254. The molecular formula is C23H14I2N2O2S. The summed E-state index contributed by atoms with van der Waals surface area (Å²) >= 11 is 5.99. The normalized spacial score (nSPS) is 12.1. The molecule has 148 valence electrons. The molecule has 0 radical (unpaired) electrons. The maximum absolute atomic E-state index is 13.0. The highest BCUT2D eigenvalue weighted by molar-refractivity contribution is 14.1. The third-order valence-corrected chi connectivity index (χ3v) is 7.26. The van der Waals surface area contributed by atoms with E-state index in [4.69, 9.17) is 4.74 Å². The fourth-order valence-electron chi connectivity index (χ4n) is 3.29. The van der Waals surface area contributed by atoms with Crippen molar-refractivity contribution in [2.45, 2.75) is 6.61 Å². The maximum Gasteiger partial charge on any atom is 0.274 e. The average molecular weight is 636 g/mol. The van der Waals surface area contributed by atoms with E-state index in [9.17, 15) is 4.79 Å². The summed E-state index contributed by atoms with van der Waals surface area (Å²) in [6.45, 7) is 0.524. The average Bonchev–Trinajstić information content (AvgIpc) is 3.24. The molecule has 2 aromatic heterocycles. The molecule has 0 spiro atoms. The molecule has 0 fully saturated rings. The van der Waals surface area contributed by atoms with Gasteiger partial charge in [0.05, 0.1) is 22.7 Å². The molecule has 0 atom stereocenters. The summed E-state index contributed by atoms with van der Waals surface area (Å²) in [5.41, 5.74) is 3.77. The molecule has 5 aromatic rings. The summed E-state index contributed by atoms with van der Waals surface area (Å²) in [6, 6.07) is 21.9. The molecule has 5 rings (SSSR count). The van der Waals surface area contributed by atoms with Crippen molar-refractivity contribution in [3.63, 3.8) is 0 Å². The minimum absolute atomic E-state index is 0.0295. The van der Waals surface area contributed by atoms with Gasteiger partial charge in [-0.05, 0) is 86.7 Å². The standard InChI is InChI=1S/C23H14I2N2O2S/c24-16-10-15(11-17(25)21(16)29-13-14-6-2-1-3-7-14)12-20-22(28)27-19-9-5-4-8-18(19)26-23(27)30-20/h1-12H,13H2/b20-12-. The van der Waals surface area contributed by atoms with Crippen LogP contribution in [0.5, 0.6) is 5.75 Å². The van der Waals surface area contributed by atoms with Gasteiger partial charge in [0.15, 0.2) is 4.96 Å². The van der Waals surface area contributed by atoms with E-state index in [2.05, 4.69) is 62.3 Å². The zero-order chi connectivity index (χ0) is 20.7. The van der Waals surface area contributed by atoms with Crippen LogP contribution >= 0.6 is 56.5 Å². The Hall–Kier alpha value is -1.98. The summed E-state index contributed by atoms with van der Waals surface area (Å²) in [6.07, 6.45) is 1.93. The Balaban J connectivity index is 1.51. The van der Waals surface area contributed by atoms with E-state index in [-0.39, 0.29) is 5.56 Å². The van der Waals surface area contributed by atoms with Gasteiger partial charge in [0.25, 0.3) is 5.56 Å². The van der Waals surface area contributed by atoms with Gasteiger partial charge in [0.1, 0.15) is 12.4 Å². The zero-order valence-corrected chi connectivity index (χ0v) is 20.6. The van der Waals surface area contributed by atoms with Crippen LogP contribution < -0.4 is 14.8 Å². The number of imidazole rings is 1. The van der Waals surface area contributed by atoms with E-state index < -0.39 is 0 Å². The number of thiazole rings is 1. The molecule has 0 saturated heterocycles. The second kappa shape index (κ2) is 8.27. The van der Waals surface area contributed by atoms with Crippen molar-refractivity contribution in [1.82, 2.24) is 9.38 Å². The second-order valence-corrected chi connectivity index (χ2v) is 10.1. The van der Waals surface area contributed by atoms with E-state index in [0.29, 0.717) is 11.1 Å². The van der Waals surface area contributed by atoms with E-state index in [1.54, 1.807) is 4.40 Å². The molecule has 30 heavy (non-hydrogen) atoms. The SMILES string of the molecule is O=c1/c(=C/c2cc(I)c(OCc3ccccc3)c(I)c2)sc2nc3ccccc3n12. The lowest BCUT2D eigenvalue weighted by Gasteiger charge is -2.11. The van der Waals surface area contributed by atoms with E-state index in [1.807, 2.05) is 60.7 Å². The number of halogens is 2. The predicted octanol–water partition coefficient (Wildman–Crippen LogP) is 5.25. The second-order valence-electron chi connectivity index (χ2n) is 6.72. The molecule has 0 aliphatic rings. The van der Waals surface area contributed by atoms with Crippen molar-refractivity contribution in [2.24, 2.45) is 0 Å². The van der Waals surface area contributed by atoms with Crippen LogP contribution in [0.1, 0.15) is 11.1 Å². The molecule has 0 saturated carbocycles. The Morgan fingerprint density at radius 2 is 1.70 bits per heavy atom. The monoisotopic (exact) mass is 636 g/mol. The number of ether oxygens (including phenoxy) is 1. The van der Waals surface area contributed by atoms with Crippen LogP contribution in [0.4, 0.5) is 0 Å². The smallest absolute Gasteiger partial charge is 0.274 e. The lowest BCUT2D eigenvalue weighted by molar-refractivity contribution is 0.302. The van der Waals surface area contributed by atoms with E-state index >= 15 is 0 Å². The number of hydrogen-bond acceptors (Lipinski definition) is 4. The van der Waals surface area contributed by atoms with Gasteiger partial charge in [0, 0.05) is 0 Å². The molecular weight excluding hydrogens is 622 g/mol. The van der Waals surface area contributed by atoms with Crippen LogP contribution in [0.3, 0.4) is 0 Å². The Morgan fingerprint density at radius 1 is 1.00 bits per heavy atom. The molecule has 4 nitrogen and oxygen atoms in total. The third-order valence-electron chi connectivity index (χ3n) is 4.69. The van der Waals surface area contributed by atoms with Gasteiger partial charge in [-0.25, -0.2) is 9.38 Å². The summed E-state index contributed by atoms with van der Waals surface area (Å²) in [5, 5.41) is 0. The van der Waals surface area contributed by atoms with Crippen molar-refractivity contribution in [2.75, 3.05) is 0 Å². The van der Waals surface area contributed by atoms with Gasteiger partial charge in [-0.1, -0.05) is 53.8 Å². The van der Waals surface area contributed by atoms with Gasteiger partial charge >= 0.3 is 0 Å². The van der Waals surface area contributed by atoms with Crippen molar-refractivity contribution >= 4 is 78.6 Å². The lowest BCUT2D eigenvalue weighted by Crippen LogP contribution is -2.22. The number of hydrogen-bond donors (Lipinski definition) is 0. The maximum atomic E-state index is 13.0. The number of fused-ring (bicyclic) bond motifs is 3. The fourth-order valence-corrected chi connectivity index (χ4v) is 6.41. The molecule has 7 heteroatoms. The number of para-hydroxylation sites is 2. The Bertz CT molecular complexity index is 1470. The number of benzene rings is 3. The highest BCUT2D eigenvalue weighted by Crippen LogP contribution is 2.30. The van der Waals surface area contributed by atoms with Crippen molar-refractivity contribution < 1.29 is 4.74 Å². The zero-order valence-electron chi connectivity index (χ0n) is 15.5. The van der Waals surface area contributed by atoms with Crippen molar-refractivity contribution in [3.05, 3.63) is 99.9 Å². The number of rotatable bonds is 4. The molecule has 0 N–H and O–H groups in total. The first-order valence-corrected chi connectivity index (χ1v) is 12.1. The minimum atomic E-state index is -0.0295. The number of aromatic nitrogens is 2. The highest BCUT2D eigenvalue weighted by atomic mass is 127. The van der Waals surface area contributed by atoms with Crippen LogP contribution in [-0.4, -0.2) is 9.38 Å². The Labute approximate surface area is 203 Å². The summed E-state index contributed by atoms with van der Waals surface area (Å²) in [7, 11) is 0. The van der Waals surface area contributed by atoms with E-state index in [1.165, 1.54) is 11.3 Å². The first-order chi connectivity index (χ1) is 14.6. The van der Waals surface area contributed by atoms with Crippen LogP contribution in [-0.2, 0) is 6.61 Å². The molecule has 2 heterocycles. The van der Waals surface area contributed by atoms with E-state index in [0.717, 1.165) is 40.0 Å². The third kappa shape index (κ3) is 3.74. The molecule has 0 unspecified atom stereocenters. The van der Waals surface area contributed by atoms with Crippen molar-refractivity contribution in [1.29, 1.82) is 0 Å². The van der Waals surface area contributed by atoms with Gasteiger partial charge in [0.2, 0.25) is 0 Å².